The third-order valence-corrected chi connectivity index (χ3v) is 7.44. The molecule has 2 aromatic heterocycles. The number of hydrogen-bond donors (Lipinski definition) is 7. The summed E-state index contributed by atoms with van der Waals surface area (Å²) in [6.45, 7) is 0.205. The Morgan fingerprint density at radius 1 is 1.13 bits per heavy atom. The molecule has 13 nitrogen and oxygen atoms in total. The first-order chi connectivity index (χ1) is 18.4. The van der Waals surface area contributed by atoms with Gasteiger partial charge in [-0.25, -0.2) is 15.0 Å². The first kappa shape index (κ1) is 26.7. The van der Waals surface area contributed by atoms with Gasteiger partial charge in [0.15, 0.2) is 23.2 Å². The van der Waals surface area contributed by atoms with Crippen LogP contribution in [0, 0.1) is 0 Å². The molecule has 1 amide bonds. The van der Waals surface area contributed by atoms with Crippen LogP contribution in [0.15, 0.2) is 36.0 Å². The lowest BCUT2D eigenvalue weighted by molar-refractivity contribution is -0.121. The Labute approximate surface area is 218 Å². The van der Waals surface area contributed by atoms with Gasteiger partial charge in [-0.3, -0.25) is 9.36 Å². The minimum absolute atomic E-state index is 0.0612. The summed E-state index contributed by atoms with van der Waals surface area (Å²) >= 11 is 0. The van der Waals surface area contributed by atoms with Crippen molar-refractivity contribution in [2.24, 2.45) is 0 Å². The smallest absolute Gasteiger partial charge is 0.247 e. The van der Waals surface area contributed by atoms with E-state index in [1.54, 1.807) is 4.57 Å². The molecule has 0 bridgehead atoms. The molecule has 38 heavy (non-hydrogen) atoms. The highest BCUT2D eigenvalue weighted by Crippen LogP contribution is 2.33. The molecule has 1 aliphatic heterocycles. The lowest BCUT2D eigenvalue weighted by Gasteiger charge is -2.29. The van der Waals surface area contributed by atoms with Crippen LogP contribution in [0.1, 0.15) is 44.8 Å². The number of anilines is 1. The fourth-order valence-corrected chi connectivity index (χ4v) is 5.29. The van der Waals surface area contributed by atoms with Crippen molar-refractivity contribution in [1.82, 2.24) is 24.8 Å². The zero-order valence-corrected chi connectivity index (χ0v) is 20.8. The highest BCUT2D eigenvalue weighted by Gasteiger charge is 2.46. The van der Waals surface area contributed by atoms with Gasteiger partial charge in [-0.2, -0.15) is 0 Å². The van der Waals surface area contributed by atoms with Gasteiger partial charge in [-0.15, -0.1) is 0 Å². The molecule has 13 heteroatoms. The van der Waals surface area contributed by atoms with E-state index in [-0.39, 0.29) is 12.0 Å². The van der Waals surface area contributed by atoms with Gasteiger partial charge < -0.3 is 40.9 Å². The number of carbonyl (C=O) groups is 1. The van der Waals surface area contributed by atoms with Crippen LogP contribution in [0.2, 0.25) is 0 Å². The maximum absolute atomic E-state index is 13.0. The Kier molecular flexibility index (Phi) is 8.02. The normalized spacial score (nSPS) is 31.7. The molecule has 5 rings (SSSR count). The largest absolute Gasteiger partial charge is 0.394 e. The van der Waals surface area contributed by atoms with Crippen LogP contribution in [0.4, 0.5) is 5.82 Å². The van der Waals surface area contributed by atoms with Crippen LogP contribution in [-0.2, 0) is 9.53 Å². The number of nitrogens with one attached hydrogen (secondary N) is 2. The summed E-state index contributed by atoms with van der Waals surface area (Å²) in [5.74, 6) is -0.0958. The molecule has 7 N–H and O–H groups in total. The average molecular weight is 531 g/mol. The number of ether oxygens (including phenoxy) is 1. The van der Waals surface area contributed by atoms with Gasteiger partial charge in [0.05, 0.1) is 19.0 Å². The maximum atomic E-state index is 13.0. The van der Waals surface area contributed by atoms with Crippen molar-refractivity contribution < 1.29 is 35.1 Å². The van der Waals surface area contributed by atoms with E-state index in [0.717, 1.165) is 19.3 Å². The van der Waals surface area contributed by atoms with E-state index in [2.05, 4.69) is 31.7 Å². The third kappa shape index (κ3) is 5.30. The maximum Gasteiger partial charge on any atom is 0.247 e. The van der Waals surface area contributed by atoms with Gasteiger partial charge in [0.25, 0.3) is 0 Å². The summed E-state index contributed by atoms with van der Waals surface area (Å²) in [6, 6.07) is -1.01. The highest BCUT2D eigenvalue weighted by molar-refractivity contribution is 5.94. The number of imidazole rings is 1. The lowest BCUT2D eigenvalue weighted by atomic mass is 9.91. The number of nitrogens with zero attached hydrogens (tertiary/aromatic N) is 4. The van der Waals surface area contributed by atoms with Crippen LogP contribution in [-0.4, -0.2) is 101 Å². The number of carbonyl (C=O) groups excluding carboxylic acids is 1. The number of rotatable bonds is 8. The molecule has 0 spiro atoms. The van der Waals surface area contributed by atoms with E-state index in [4.69, 9.17) is 4.74 Å². The monoisotopic (exact) mass is 530 g/mol. The van der Waals surface area contributed by atoms with Gasteiger partial charge in [-0.1, -0.05) is 11.6 Å². The summed E-state index contributed by atoms with van der Waals surface area (Å²) in [6.07, 6.45) is 4.47. The van der Waals surface area contributed by atoms with Crippen molar-refractivity contribution in [1.29, 1.82) is 0 Å². The molecule has 0 aromatic carbocycles. The minimum Gasteiger partial charge on any atom is -0.394 e. The molecule has 3 unspecified atom stereocenters. The predicted molar refractivity (Wildman–Crippen MR) is 135 cm³/mol. The number of hydrogen-bond acceptors (Lipinski definition) is 11. The van der Waals surface area contributed by atoms with Crippen molar-refractivity contribution >= 4 is 22.9 Å². The van der Waals surface area contributed by atoms with E-state index >= 15 is 0 Å². The minimum atomic E-state index is -1.40. The van der Waals surface area contributed by atoms with Gasteiger partial charge in [0.2, 0.25) is 5.91 Å². The second-order valence-corrected chi connectivity index (χ2v) is 10.0. The predicted octanol–water partition coefficient (Wildman–Crippen LogP) is -0.723. The summed E-state index contributed by atoms with van der Waals surface area (Å²) in [5.41, 5.74) is 2.41. The van der Waals surface area contributed by atoms with Gasteiger partial charge in [-0.05, 0) is 38.2 Å². The second kappa shape index (κ2) is 11.4. The Hall–Kier alpha value is -2.94. The lowest BCUT2D eigenvalue weighted by Crippen LogP contribution is -2.49. The van der Waals surface area contributed by atoms with E-state index in [1.807, 2.05) is 0 Å². The Bertz CT molecular complexity index is 1220. The average Bonchev–Trinajstić information content (AvgIpc) is 3.49. The molecule has 2 aromatic rings. The summed E-state index contributed by atoms with van der Waals surface area (Å²) in [5, 5.41) is 56.3. The van der Waals surface area contributed by atoms with Crippen LogP contribution in [0.3, 0.4) is 0 Å². The number of amides is 1. The van der Waals surface area contributed by atoms with Crippen LogP contribution in [0.5, 0.6) is 0 Å². The Morgan fingerprint density at radius 3 is 2.71 bits per heavy atom. The SMILES string of the molecule is O=C(N[C@@H]1[C@H](O)[C@@H](CO)O[C@H]1n1cnc2c(NCCC3=CCCCC3)ncnc21)C1=CC(O)C(O)C(O)C1. The van der Waals surface area contributed by atoms with Crippen LogP contribution < -0.4 is 10.6 Å². The van der Waals surface area contributed by atoms with E-state index in [9.17, 15) is 30.3 Å². The topological polar surface area (TPSA) is 195 Å². The molecule has 3 heterocycles. The molecule has 206 valence electrons. The summed E-state index contributed by atoms with van der Waals surface area (Å²) < 4.78 is 7.47. The molecular formula is C25H34N6O7. The van der Waals surface area contributed by atoms with E-state index in [1.165, 1.54) is 37.1 Å². The molecule has 0 radical (unpaired) electrons. The number of aliphatic hydroxyl groups excluding tert-OH is 5. The molecule has 7 atom stereocenters. The van der Waals surface area contributed by atoms with E-state index in [0.29, 0.717) is 23.5 Å². The third-order valence-electron chi connectivity index (χ3n) is 7.44. The Balaban J connectivity index is 1.35. The van der Waals surface area contributed by atoms with Gasteiger partial charge >= 0.3 is 0 Å². The quantitative estimate of drug-likeness (QED) is 0.213. The van der Waals surface area contributed by atoms with Crippen molar-refractivity contribution in [3.8, 4) is 0 Å². The first-order valence-electron chi connectivity index (χ1n) is 13.0. The van der Waals surface area contributed by atoms with Crippen molar-refractivity contribution in [2.45, 2.75) is 81.3 Å². The fourth-order valence-electron chi connectivity index (χ4n) is 5.29. The van der Waals surface area contributed by atoms with Crippen molar-refractivity contribution in [3.05, 3.63) is 36.0 Å². The number of allylic oxidation sites excluding steroid dienone is 1. The molecular weight excluding hydrogens is 496 g/mol. The Morgan fingerprint density at radius 2 is 1.97 bits per heavy atom. The standard InChI is InChI=1S/C25H34N6O7/c32-10-17-21(36)18(30-24(37)14-8-15(33)20(35)16(34)9-14)25(38-17)31-12-29-19-22(27-11-28-23(19)31)26-7-6-13-4-2-1-3-5-13/h4,8,11-12,15-18,20-21,25,32-36H,1-3,5-7,9-10H2,(H,30,37)(H,26,27,28)/t15?,16?,17-,18-,20?,21-,25-/m1/s1. The second-order valence-electron chi connectivity index (χ2n) is 10.0. The van der Waals surface area contributed by atoms with Crippen molar-refractivity contribution in [3.63, 3.8) is 0 Å². The molecule has 1 saturated heterocycles. The zero-order valence-electron chi connectivity index (χ0n) is 20.8. The number of aromatic nitrogens is 4. The molecule has 1 fully saturated rings. The van der Waals surface area contributed by atoms with Crippen LogP contribution >= 0.6 is 0 Å². The number of aliphatic hydroxyl groups is 5. The first-order valence-corrected chi connectivity index (χ1v) is 13.0. The van der Waals surface area contributed by atoms with Crippen LogP contribution in [0.25, 0.3) is 11.2 Å². The fraction of sp³-hybridized carbons (Fsp3) is 0.600. The molecule has 2 aliphatic carbocycles. The van der Waals surface area contributed by atoms with Crippen molar-refractivity contribution in [2.75, 3.05) is 18.5 Å². The molecule has 0 saturated carbocycles. The zero-order chi connectivity index (χ0) is 26.8. The van der Waals surface area contributed by atoms with E-state index < -0.39 is 55.3 Å². The van der Waals surface area contributed by atoms with Gasteiger partial charge in [0, 0.05) is 18.5 Å². The number of fused-ring (bicyclic) bond motifs is 1. The summed E-state index contributed by atoms with van der Waals surface area (Å²) in [4.78, 5) is 26.1. The molecule has 3 aliphatic rings. The van der Waals surface area contributed by atoms with Gasteiger partial charge in [0.1, 0.15) is 36.8 Å². The summed E-state index contributed by atoms with van der Waals surface area (Å²) in [7, 11) is 0. The highest BCUT2D eigenvalue weighted by atomic mass is 16.5.